The summed E-state index contributed by atoms with van der Waals surface area (Å²) in [4.78, 5) is 38.5. The first-order valence-electron chi connectivity index (χ1n) is 12.2. The Hall–Kier alpha value is -3.39. The molecule has 2 amide bonds. The third-order valence-corrected chi connectivity index (χ3v) is 7.54. The lowest BCUT2D eigenvalue weighted by Crippen LogP contribution is -2.47. The summed E-state index contributed by atoms with van der Waals surface area (Å²) in [5.74, 6) is -1.76. The fourth-order valence-electron chi connectivity index (χ4n) is 5.88. The molecule has 0 unspecified atom stereocenters. The number of amides is 2. The molecule has 2 aliphatic carbocycles. The van der Waals surface area contributed by atoms with Crippen molar-refractivity contribution in [1.29, 1.82) is 0 Å². The molecule has 3 aliphatic rings. The quantitative estimate of drug-likeness (QED) is 0.608. The van der Waals surface area contributed by atoms with Gasteiger partial charge in [0.05, 0.1) is 6.10 Å². The van der Waals surface area contributed by atoms with E-state index in [0.717, 1.165) is 35.1 Å². The van der Waals surface area contributed by atoms with E-state index in [-0.39, 0.29) is 43.4 Å². The number of ether oxygens (including phenoxy) is 1. The molecule has 8 heteroatoms. The number of carboxylic acids is 1. The molecule has 4 atom stereocenters. The van der Waals surface area contributed by atoms with Gasteiger partial charge in [-0.25, -0.2) is 9.59 Å². The van der Waals surface area contributed by atoms with Gasteiger partial charge in [-0.3, -0.25) is 4.79 Å². The zero-order chi connectivity index (χ0) is 24.5. The fraction of sp³-hybridized carbons (Fsp3) is 0.444. The molecule has 2 aromatic carbocycles. The number of aliphatic carboxylic acids is 1. The van der Waals surface area contributed by atoms with Gasteiger partial charge < -0.3 is 25.2 Å². The second-order valence-electron chi connectivity index (χ2n) is 9.76. The highest BCUT2D eigenvalue weighted by atomic mass is 16.5. The van der Waals surface area contributed by atoms with Gasteiger partial charge in [0.2, 0.25) is 5.91 Å². The molecule has 8 nitrogen and oxygen atoms in total. The van der Waals surface area contributed by atoms with Gasteiger partial charge in [-0.1, -0.05) is 55.0 Å². The molecule has 2 aromatic rings. The number of carbonyl (C=O) groups is 3. The smallest absolute Gasteiger partial charge is 0.407 e. The Kier molecular flexibility index (Phi) is 6.47. The van der Waals surface area contributed by atoms with Crippen LogP contribution in [0, 0.1) is 5.92 Å². The van der Waals surface area contributed by atoms with Gasteiger partial charge in [-0.2, -0.15) is 0 Å². The maximum Gasteiger partial charge on any atom is 0.407 e. The van der Waals surface area contributed by atoms with Gasteiger partial charge in [0.25, 0.3) is 0 Å². The van der Waals surface area contributed by atoms with Crippen LogP contribution in [0.3, 0.4) is 0 Å². The largest absolute Gasteiger partial charge is 0.480 e. The predicted molar refractivity (Wildman–Crippen MR) is 128 cm³/mol. The van der Waals surface area contributed by atoms with Crippen molar-refractivity contribution in [3.63, 3.8) is 0 Å². The van der Waals surface area contributed by atoms with E-state index in [0.29, 0.717) is 12.8 Å². The SMILES string of the molecule is O=C(N[C@H]1CCC[C@@H](C(=O)N2C[C@H](O)C[C@@H]2C(=O)O)C1)OCC1c2ccccc2-c2ccccc21. The Morgan fingerprint density at radius 3 is 2.29 bits per heavy atom. The summed E-state index contributed by atoms with van der Waals surface area (Å²) in [5, 5.41) is 22.2. The van der Waals surface area contributed by atoms with E-state index in [1.54, 1.807) is 0 Å². The van der Waals surface area contributed by atoms with Crippen molar-refractivity contribution < 1.29 is 29.3 Å². The van der Waals surface area contributed by atoms with Gasteiger partial charge >= 0.3 is 12.1 Å². The Bertz CT molecular complexity index is 1090. The summed E-state index contributed by atoms with van der Waals surface area (Å²) >= 11 is 0. The molecule has 1 saturated heterocycles. The Morgan fingerprint density at radius 2 is 1.63 bits per heavy atom. The summed E-state index contributed by atoms with van der Waals surface area (Å²) in [7, 11) is 0. The van der Waals surface area contributed by atoms with Crippen LogP contribution in [0.25, 0.3) is 11.1 Å². The number of alkyl carbamates (subject to hydrolysis) is 1. The van der Waals surface area contributed by atoms with Crippen LogP contribution < -0.4 is 5.32 Å². The molecule has 1 heterocycles. The summed E-state index contributed by atoms with van der Waals surface area (Å²) in [6.45, 7) is 0.262. The number of likely N-dealkylation sites (tertiary alicyclic amines) is 1. The third kappa shape index (κ3) is 4.62. The Balaban J connectivity index is 1.18. The normalized spacial score (nSPS) is 25.6. The number of nitrogens with one attached hydrogen (secondary N) is 1. The topological polar surface area (TPSA) is 116 Å². The van der Waals surface area contributed by atoms with Crippen molar-refractivity contribution in [3.8, 4) is 11.1 Å². The maximum absolute atomic E-state index is 13.0. The zero-order valence-electron chi connectivity index (χ0n) is 19.4. The Labute approximate surface area is 203 Å². The van der Waals surface area contributed by atoms with Crippen LogP contribution in [0.15, 0.2) is 48.5 Å². The van der Waals surface area contributed by atoms with E-state index in [9.17, 15) is 24.6 Å². The van der Waals surface area contributed by atoms with Crippen LogP contribution in [0.5, 0.6) is 0 Å². The Morgan fingerprint density at radius 1 is 0.971 bits per heavy atom. The lowest BCUT2D eigenvalue weighted by molar-refractivity contribution is -0.150. The molecular weight excluding hydrogens is 448 g/mol. The number of carboxylic acid groups (broad SMARTS) is 1. The van der Waals surface area contributed by atoms with E-state index in [4.69, 9.17) is 4.74 Å². The van der Waals surface area contributed by atoms with E-state index in [2.05, 4.69) is 29.6 Å². The number of rotatable bonds is 5. The van der Waals surface area contributed by atoms with Gasteiger partial charge in [0, 0.05) is 30.8 Å². The van der Waals surface area contributed by atoms with Crippen molar-refractivity contribution in [3.05, 3.63) is 59.7 Å². The predicted octanol–water partition coefficient (Wildman–Crippen LogP) is 3.13. The van der Waals surface area contributed by atoms with Gasteiger partial charge in [-0.05, 0) is 41.5 Å². The van der Waals surface area contributed by atoms with E-state index in [1.807, 2.05) is 24.3 Å². The van der Waals surface area contributed by atoms with Gasteiger partial charge in [-0.15, -0.1) is 0 Å². The molecule has 3 N–H and O–H groups in total. The lowest BCUT2D eigenvalue weighted by atomic mass is 9.84. The molecule has 5 rings (SSSR count). The van der Waals surface area contributed by atoms with Crippen LogP contribution in [0.4, 0.5) is 4.79 Å². The number of aliphatic hydroxyl groups excluding tert-OH is 1. The van der Waals surface area contributed by atoms with Crippen LogP contribution >= 0.6 is 0 Å². The minimum absolute atomic E-state index is 0.0246. The van der Waals surface area contributed by atoms with Crippen LogP contribution in [0.2, 0.25) is 0 Å². The zero-order valence-corrected chi connectivity index (χ0v) is 19.4. The number of hydrogen-bond acceptors (Lipinski definition) is 5. The average Bonchev–Trinajstić information content (AvgIpc) is 3.41. The van der Waals surface area contributed by atoms with Crippen molar-refractivity contribution >= 4 is 18.0 Å². The monoisotopic (exact) mass is 478 g/mol. The molecule has 0 spiro atoms. The number of carbonyl (C=O) groups excluding carboxylic acids is 2. The van der Waals surface area contributed by atoms with Crippen LogP contribution in [0.1, 0.15) is 49.1 Å². The molecule has 184 valence electrons. The second-order valence-corrected chi connectivity index (χ2v) is 9.76. The molecule has 35 heavy (non-hydrogen) atoms. The molecular formula is C27H30N2O6. The first-order chi connectivity index (χ1) is 16.9. The average molecular weight is 479 g/mol. The number of nitrogens with zero attached hydrogens (tertiary/aromatic N) is 1. The fourth-order valence-corrected chi connectivity index (χ4v) is 5.88. The summed E-state index contributed by atoms with van der Waals surface area (Å²) in [5.41, 5.74) is 4.62. The van der Waals surface area contributed by atoms with E-state index in [1.165, 1.54) is 4.90 Å². The molecule has 0 aromatic heterocycles. The molecule has 0 radical (unpaired) electrons. The van der Waals surface area contributed by atoms with Crippen molar-refractivity contribution in [2.45, 2.75) is 56.2 Å². The lowest BCUT2D eigenvalue weighted by Gasteiger charge is -2.32. The number of hydrogen-bond donors (Lipinski definition) is 3. The molecule has 2 fully saturated rings. The first kappa shape index (κ1) is 23.4. The second kappa shape index (κ2) is 9.70. The van der Waals surface area contributed by atoms with Crippen molar-refractivity contribution in [1.82, 2.24) is 10.2 Å². The maximum atomic E-state index is 13.0. The number of aliphatic hydroxyl groups is 1. The third-order valence-electron chi connectivity index (χ3n) is 7.54. The minimum Gasteiger partial charge on any atom is -0.480 e. The molecule has 0 bridgehead atoms. The summed E-state index contributed by atoms with van der Waals surface area (Å²) in [6.07, 6.45) is 1.28. The first-order valence-corrected chi connectivity index (χ1v) is 12.2. The van der Waals surface area contributed by atoms with Crippen molar-refractivity contribution in [2.24, 2.45) is 5.92 Å². The standard InChI is InChI=1S/C27H30N2O6/c30-18-13-24(26(32)33)29(14-18)25(31)16-6-5-7-17(12-16)28-27(34)35-15-23-21-10-3-1-8-19(21)20-9-2-4-11-22(20)23/h1-4,8-11,16-18,23-24,30H,5-7,12-15H2,(H,28,34)(H,32,33)/t16-,17+,18-,24-/m1/s1. The highest BCUT2D eigenvalue weighted by Gasteiger charge is 2.42. The minimum atomic E-state index is -1.10. The van der Waals surface area contributed by atoms with Crippen LogP contribution in [-0.2, 0) is 14.3 Å². The van der Waals surface area contributed by atoms with Crippen LogP contribution in [-0.4, -0.2) is 64.4 Å². The van der Waals surface area contributed by atoms with E-state index >= 15 is 0 Å². The number of benzene rings is 2. The van der Waals surface area contributed by atoms with Gasteiger partial charge in [0.15, 0.2) is 0 Å². The number of β-amino-alcohol motifs (C(OH)–C–C–N with tert-alkyl or cyclic N) is 1. The highest BCUT2D eigenvalue weighted by Crippen LogP contribution is 2.44. The summed E-state index contributed by atoms with van der Waals surface area (Å²) < 4.78 is 5.64. The molecule has 1 aliphatic heterocycles. The molecule has 1 saturated carbocycles. The van der Waals surface area contributed by atoms with E-state index < -0.39 is 24.2 Å². The summed E-state index contributed by atoms with van der Waals surface area (Å²) in [6, 6.07) is 15.1. The number of fused-ring (bicyclic) bond motifs is 3. The van der Waals surface area contributed by atoms with Crippen molar-refractivity contribution in [2.75, 3.05) is 13.2 Å². The van der Waals surface area contributed by atoms with Gasteiger partial charge in [0.1, 0.15) is 12.6 Å². The highest BCUT2D eigenvalue weighted by molar-refractivity contribution is 5.86.